The molecule has 23 heavy (non-hydrogen) atoms. The van der Waals surface area contributed by atoms with E-state index in [2.05, 4.69) is 46.3 Å². The Kier molecular flexibility index (Phi) is 13.3. The molecule has 0 bridgehead atoms. The Hall–Kier alpha value is -0.591. The van der Waals surface area contributed by atoms with Crippen LogP contribution in [-0.2, 0) is 11.2 Å². The maximum absolute atomic E-state index is 10.8. The summed E-state index contributed by atoms with van der Waals surface area (Å²) in [4.78, 5) is 10.8. The standard InChI is InChI=1S/C21H34OSe/c22-21(23)19-15-10-8-6-4-2-1-3-5-7-9-12-16-20-17-13-11-14-18-20/h11,13-14,17-18H,1-10,12,15-16,19H2,(H,22,23)/p-1. The summed E-state index contributed by atoms with van der Waals surface area (Å²) >= 11 is 2.55. The minimum atomic E-state index is 0.216. The fourth-order valence-corrected chi connectivity index (χ4v) is 3.31. The van der Waals surface area contributed by atoms with E-state index >= 15 is 0 Å². The van der Waals surface area contributed by atoms with Crippen molar-refractivity contribution in [3.8, 4) is 0 Å². The summed E-state index contributed by atoms with van der Waals surface area (Å²) in [6.45, 7) is 0. The molecule has 0 aliphatic carbocycles. The fourth-order valence-electron chi connectivity index (χ4n) is 3.01. The Morgan fingerprint density at radius 3 is 1.57 bits per heavy atom. The van der Waals surface area contributed by atoms with Gasteiger partial charge in [-0.25, -0.2) is 0 Å². The van der Waals surface area contributed by atoms with Crippen LogP contribution in [-0.4, -0.2) is 20.7 Å². The van der Waals surface area contributed by atoms with Crippen molar-refractivity contribution in [1.82, 2.24) is 0 Å². The van der Waals surface area contributed by atoms with E-state index in [1.54, 1.807) is 0 Å². The van der Waals surface area contributed by atoms with Gasteiger partial charge in [-0.05, 0) is 18.4 Å². The Labute approximate surface area is 151 Å². The molecule has 0 atom stereocenters. The van der Waals surface area contributed by atoms with E-state index in [1.807, 2.05) is 0 Å². The van der Waals surface area contributed by atoms with E-state index in [0.29, 0.717) is 0 Å². The van der Waals surface area contributed by atoms with Gasteiger partial charge in [0, 0.05) is 0 Å². The van der Waals surface area contributed by atoms with Crippen molar-refractivity contribution >= 4 is 20.7 Å². The summed E-state index contributed by atoms with van der Waals surface area (Å²) in [5.41, 5.74) is 1.48. The average Bonchev–Trinajstić information content (AvgIpc) is 2.56. The first kappa shape index (κ1) is 20.5. The molecule has 1 nitrogen and oxygen atoms in total. The molecule has 130 valence electrons. The SMILES string of the molecule is O=C([Se-])CCCCCCCCCCCCCCc1ccccc1. The average molecular weight is 380 g/mol. The van der Waals surface area contributed by atoms with Gasteiger partial charge < -0.3 is 0 Å². The molecule has 0 aliphatic heterocycles. The summed E-state index contributed by atoms with van der Waals surface area (Å²) in [5.74, 6) is 0. The zero-order valence-corrected chi connectivity index (χ0v) is 16.3. The molecule has 0 unspecified atom stereocenters. The second kappa shape index (κ2) is 15.0. The van der Waals surface area contributed by atoms with Crippen molar-refractivity contribution < 1.29 is 4.79 Å². The fraction of sp³-hybridized carbons (Fsp3) is 0.667. The van der Waals surface area contributed by atoms with Gasteiger partial charge in [-0.3, -0.25) is 0 Å². The smallest absolute Gasteiger partial charge is 0.0622 e. The van der Waals surface area contributed by atoms with Crippen LogP contribution in [0.2, 0.25) is 0 Å². The summed E-state index contributed by atoms with van der Waals surface area (Å²) < 4.78 is 0.216. The van der Waals surface area contributed by atoms with Crippen molar-refractivity contribution in [3.63, 3.8) is 0 Å². The Balaban J connectivity index is 1.74. The van der Waals surface area contributed by atoms with Crippen molar-refractivity contribution in [3.05, 3.63) is 35.9 Å². The van der Waals surface area contributed by atoms with E-state index < -0.39 is 0 Å². The van der Waals surface area contributed by atoms with E-state index in [1.165, 1.54) is 82.6 Å². The summed E-state index contributed by atoms with van der Waals surface area (Å²) in [6, 6.07) is 10.8. The van der Waals surface area contributed by atoms with Gasteiger partial charge in [0.1, 0.15) is 0 Å². The number of hydrogen-bond donors (Lipinski definition) is 0. The van der Waals surface area contributed by atoms with Crippen LogP contribution < -0.4 is 0 Å². The van der Waals surface area contributed by atoms with Crippen LogP contribution >= 0.6 is 0 Å². The Morgan fingerprint density at radius 2 is 1.09 bits per heavy atom. The number of carbonyl (C=O) groups is 1. The monoisotopic (exact) mass is 381 g/mol. The van der Waals surface area contributed by atoms with Gasteiger partial charge in [0.2, 0.25) is 0 Å². The van der Waals surface area contributed by atoms with Gasteiger partial charge in [-0.2, -0.15) is 0 Å². The molecule has 0 spiro atoms. The third kappa shape index (κ3) is 13.5. The van der Waals surface area contributed by atoms with Gasteiger partial charge in [-0.15, -0.1) is 0 Å². The molecule has 0 saturated heterocycles. The van der Waals surface area contributed by atoms with Crippen LogP contribution in [0.1, 0.15) is 89.0 Å². The van der Waals surface area contributed by atoms with Gasteiger partial charge in [-0.1, -0.05) is 36.8 Å². The molecular formula is C21H33OSe-. The molecule has 1 rings (SSSR count). The Morgan fingerprint density at radius 1 is 0.652 bits per heavy atom. The molecule has 0 saturated carbocycles. The molecule has 0 N–H and O–H groups in total. The van der Waals surface area contributed by atoms with E-state index in [4.69, 9.17) is 0 Å². The van der Waals surface area contributed by atoms with Gasteiger partial charge >= 0.3 is 96.1 Å². The number of benzene rings is 1. The topological polar surface area (TPSA) is 17.1 Å². The number of rotatable bonds is 15. The van der Waals surface area contributed by atoms with Gasteiger partial charge in [0.15, 0.2) is 0 Å². The molecule has 0 heterocycles. The second-order valence-corrected chi connectivity index (χ2v) is 7.56. The minimum absolute atomic E-state index is 0.216. The number of aryl methyl sites for hydroxylation is 1. The van der Waals surface area contributed by atoms with E-state index in [-0.39, 0.29) is 4.68 Å². The van der Waals surface area contributed by atoms with Crippen LogP contribution in [0.3, 0.4) is 0 Å². The molecule has 1 aromatic rings. The van der Waals surface area contributed by atoms with Crippen LogP contribution in [0.5, 0.6) is 0 Å². The molecule has 1 aromatic carbocycles. The molecule has 0 radical (unpaired) electrons. The van der Waals surface area contributed by atoms with Crippen LogP contribution in [0.15, 0.2) is 30.3 Å². The van der Waals surface area contributed by atoms with Crippen molar-refractivity contribution in [2.45, 2.75) is 89.9 Å². The molecule has 0 aromatic heterocycles. The van der Waals surface area contributed by atoms with E-state index in [9.17, 15) is 4.79 Å². The first-order valence-electron chi connectivity index (χ1n) is 9.53. The first-order chi connectivity index (χ1) is 11.3. The maximum atomic E-state index is 10.8. The van der Waals surface area contributed by atoms with Crippen LogP contribution in [0, 0.1) is 0 Å². The van der Waals surface area contributed by atoms with Gasteiger partial charge in [0.05, 0.1) is 0 Å². The second-order valence-electron chi connectivity index (χ2n) is 6.60. The third-order valence-electron chi connectivity index (χ3n) is 4.44. The van der Waals surface area contributed by atoms with Crippen LogP contribution in [0.4, 0.5) is 0 Å². The molecule has 0 amide bonds. The molecular weight excluding hydrogens is 347 g/mol. The number of carbonyl (C=O) groups excluding carboxylic acids is 1. The predicted octanol–water partition coefficient (Wildman–Crippen LogP) is 6.00. The van der Waals surface area contributed by atoms with E-state index in [0.717, 1.165) is 12.8 Å². The first-order valence-corrected chi connectivity index (χ1v) is 10.4. The quantitative estimate of drug-likeness (QED) is 0.270. The number of unbranched alkanes of at least 4 members (excludes halogenated alkanes) is 11. The number of hydrogen-bond acceptors (Lipinski definition) is 1. The van der Waals surface area contributed by atoms with Crippen molar-refractivity contribution in [2.24, 2.45) is 0 Å². The summed E-state index contributed by atoms with van der Waals surface area (Å²) in [6.07, 6.45) is 18.0. The minimum Gasteiger partial charge on any atom is -0.0622 e. The third-order valence-corrected chi connectivity index (χ3v) is 4.87. The molecule has 2 heteroatoms. The van der Waals surface area contributed by atoms with Gasteiger partial charge in [0.25, 0.3) is 0 Å². The molecule has 0 fully saturated rings. The van der Waals surface area contributed by atoms with Crippen molar-refractivity contribution in [2.75, 3.05) is 0 Å². The normalized spacial score (nSPS) is 10.8. The molecule has 0 aliphatic rings. The zero-order valence-electron chi connectivity index (χ0n) is 14.6. The zero-order chi connectivity index (χ0) is 16.6. The Bertz CT molecular complexity index is 388. The predicted molar refractivity (Wildman–Crippen MR) is 101 cm³/mol. The summed E-state index contributed by atoms with van der Waals surface area (Å²) in [5, 5.41) is 0. The summed E-state index contributed by atoms with van der Waals surface area (Å²) in [7, 11) is 0. The van der Waals surface area contributed by atoms with Crippen molar-refractivity contribution in [1.29, 1.82) is 0 Å². The van der Waals surface area contributed by atoms with Crippen LogP contribution in [0.25, 0.3) is 0 Å².